The third-order valence-electron chi connectivity index (χ3n) is 4.96. The van der Waals surface area contributed by atoms with Crippen LogP contribution in [0.15, 0.2) is 18.2 Å². The molecule has 1 aromatic carbocycles. The zero-order valence-corrected chi connectivity index (χ0v) is 16.4. The number of benzene rings is 1. The van der Waals surface area contributed by atoms with Gasteiger partial charge in [-0.05, 0) is 50.3 Å². The van der Waals surface area contributed by atoms with Crippen molar-refractivity contribution in [3.05, 3.63) is 29.3 Å². The van der Waals surface area contributed by atoms with Crippen molar-refractivity contribution in [3.8, 4) is 0 Å². The second kappa shape index (κ2) is 8.70. The number of aryl methyl sites for hydroxylation is 1. The van der Waals surface area contributed by atoms with E-state index in [9.17, 15) is 13.2 Å². The van der Waals surface area contributed by atoms with Gasteiger partial charge in [-0.3, -0.25) is 9.10 Å². The Morgan fingerprint density at radius 2 is 1.76 bits per heavy atom. The van der Waals surface area contributed by atoms with Crippen molar-refractivity contribution in [1.82, 2.24) is 4.90 Å². The molecule has 1 fully saturated rings. The number of nitrogens with zero attached hydrogens (tertiary/aromatic N) is 2. The van der Waals surface area contributed by atoms with Crippen LogP contribution in [0.25, 0.3) is 0 Å². The van der Waals surface area contributed by atoms with Crippen LogP contribution in [0.3, 0.4) is 0 Å². The number of anilines is 1. The molecule has 1 amide bonds. The molecule has 1 aromatic rings. The minimum Gasteiger partial charge on any atom is -0.343 e. The van der Waals surface area contributed by atoms with Gasteiger partial charge in [-0.2, -0.15) is 0 Å². The number of likely N-dealkylation sites (tertiary alicyclic amines) is 1. The molecule has 0 radical (unpaired) electrons. The van der Waals surface area contributed by atoms with Crippen LogP contribution in [0.2, 0.25) is 0 Å². The van der Waals surface area contributed by atoms with Crippen LogP contribution in [0, 0.1) is 13.8 Å². The van der Waals surface area contributed by atoms with Crippen molar-refractivity contribution in [3.63, 3.8) is 0 Å². The standard InChI is InChI=1S/C19H30N2O3S/c1-16-10-8-11-18(17(16)2)21(25(3,23)24)15-9-12-19(22)20-13-6-4-5-7-14-20/h8,10-11H,4-7,9,12-15H2,1-3H3. The van der Waals surface area contributed by atoms with Gasteiger partial charge in [0.1, 0.15) is 0 Å². The van der Waals surface area contributed by atoms with Crippen LogP contribution in [-0.4, -0.2) is 45.1 Å². The quantitative estimate of drug-likeness (QED) is 0.776. The van der Waals surface area contributed by atoms with Crippen LogP contribution >= 0.6 is 0 Å². The molecule has 0 atom stereocenters. The van der Waals surface area contributed by atoms with Crippen LogP contribution < -0.4 is 4.31 Å². The van der Waals surface area contributed by atoms with E-state index < -0.39 is 10.0 Å². The minimum absolute atomic E-state index is 0.149. The molecule has 1 aliphatic rings. The van der Waals surface area contributed by atoms with E-state index in [1.54, 1.807) is 0 Å². The molecule has 140 valence electrons. The highest BCUT2D eigenvalue weighted by atomic mass is 32.2. The first-order valence-electron chi connectivity index (χ1n) is 9.12. The summed E-state index contributed by atoms with van der Waals surface area (Å²) in [6, 6.07) is 5.68. The molecule has 0 aliphatic carbocycles. The lowest BCUT2D eigenvalue weighted by molar-refractivity contribution is -0.131. The van der Waals surface area contributed by atoms with Crippen molar-refractivity contribution in [2.45, 2.75) is 52.4 Å². The van der Waals surface area contributed by atoms with Gasteiger partial charge in [-0.15, -0.1) is 0 Å². The highest BCUT2D eigenvalue weighted by Crippen LogP contribution is 2.25. The summed E-state index contributed by atoms with van der Waals surface area (Å²) in [6.45, 7) is 5.92. The molecule has 6 heteroatoms. The van der Waals surface area contributed by atoms with E-state index in [1.807, 2.05) is 36.9 Å². The van der Waals surface area contributed by atoms with Crippen molar-refractivity contribution in [2.24, 2.45) is 0 Å². The van der Waals surface area contributed by atoms with E-state index in [4.69, 9.17) is 0 Å². The highest BCUT2D eigenvalue weighted by Gasteiger charge is 2.21. The molecule has 1 saturated heterocycles. The number of hydrogen-bond donors (Lipinski definition) is 0. The minimum atomic E-state index is -3.38. The average molecular weight is 367 g/mol. The summed E-state index contributed by atoms with van der Waals surface area (Å²) >= 11 is 0. The van der Waals surface area contributed by atoms with E-state index in [0.29, 0.717) is 25.1 Å². The summed E-state index contributed by atoms with van der Waals surface area (Å²) in [6.07, 6.45) is 6.70. The molecule has 0 aromatic heterocycles. The first-order chi connectivity index (χ1) is 11.8. The fourth-order valence-electron chi connectivity index (χ4n) is 3.32. The van der Waals surface area contributed by atoms with Crippen molar-refractivity contribution in [2.75, 3.05) is 30.2 Å². The Labute approximate surface area is 152 Å². The monoisotopic (exact) mass is 366 g/mol. The second-order valence-corrected chi connectivity index (χ2v) is 8.86. The van der Waals surface area contributed by atoms with Gasteiger partial charge in [0.2, 0.25) is 15.9 Å². The van der Waals surface area contributed by atoms with Crippen molar-refractivity contribution >= 4 is 21.6 Å². The molecular formula is C19H30N2O3S. The molecule has 0 spiro atoms. The molecular weight excluding hydrogens is 336 g/mol. The van der Waals surface area contributed by atoms with Crippen LogP contribution in [0.4, 0.5) is 5.69 Å². The Morgan fingerprint density at radius 3 is 2.36 bits per heavy atom. The smallest absolute Gasteiger partial charge is 0.232 e. The molecule has 2 rings (SSSR count). The first-order valence-corrected chi connectivity index (χ1v) is 11.0. The lowest BCUT2D eigenvalue weighted by Crippen LogP contribution is -2.34. The second-order valence-electron chi connectivity index (χ2n) is 6.95. The van der Waals surface area contributed by atoms with Crippen molar-refractivity contribution < 1.29 is 13.2 Å². The number of carbonyl (C=O) groups excluding carboxylic acids is 1. The zero-order chi connectivity index (χ0) is 18.4. The normalized spacial score (nSPS) is 15.7. The summed E-state index contributed by atoms with van der Waals surface area (Å²) in [5.41, 5.74) is 2.74. The number of hydrogen-bond acceptors (Lipinski definition) is 3. The number of sulfonamides is 1. The molecule has 0 bridgehead atoms. The Morgan fingerprint density at radius 1 is 1.12 bits per heavy atom. The van der Waals surface area contributed by atoms with Gasteiger partial charge in [0.05, 0.1) is 11.9 Å². The maximum atomic E-state index is 12.4. The van der Waals surface area contributed by atoms with E-state index in [2.05, 4.69) is 0 Å². The van der Waals surface area contributed by atoms with Gasteiger partial charge in [-0.1, -0.05) is 25.0 Å². The van der Waals surface area contributed by atoms with Gasteiger partial charge in [-0.25, -0.2) is 8.42 Å². The number of amides is 1. The van der Waals surface area contributed by atoms with E-state index >= 15 is 0 Å². The molecule has 0 N–H and O–H groups in total. The lowest BCUT2D eigenvalue weighted by atomic mass is 10.1. The topological polar surface area (TPSA) is 57.7 Å². The lowest BCUT2D eigenvalue weighted by Gasteiger charge is -2.25. The van der Waals surface area contributed by atoms with E-state index in [1.165, 1.54) is 23.4 Å². The van der Waals surface area contributed by atoms with Crippen LogP contribution in [0.5, 0.6) is 0 Å². The molecule has 0 unspecified atom stereocenters. The predicted molar refractivity (Wildman–Crippen MR) is 102 cm³/mol. The van der Waals surface area contributed by atoms with E-state index in [0.717, 1.165) is 37.1 Å². The summed E-state index contributed by atoms with van der Waals surface area (Å²) < 4.78 is 25.9. The third kappa shape index (κ3) is 5.46. The fourth-order valence-corrected chi connectivity index (χ4v) is 4.34. The largest absolute Gasteiger partial charge is 0.343 e. The maximum absolute atomic E-state index is 12.4. The van der Waals surface area contributed by atoms with Crippen LogP contribution in [0.1, 0.15) is 49.7 Å². The number of rotatable bonds is 6. The summed E-state index contributed by atoms with van der Waals surface area (Å²) in [5, 5.41) is 0. The Bertz CT molecular complexity index is 693. The summed E-state index contributed by atoms with van der Waals surface area (Å²) in [4.78, 5) is 14.3. The Kier molecular flexibility index (Phi) is 6.87. The molecule has 1 aliphatic heterocycles. The Balaban J connectivity index is 2.01. The van der Waals surface area contributed by atoms with Gasteiger partial charge < -0.3 is 4.90 Å². The van der Waals surface area contributed by atoms with Gasteiger partial charge in [0.15, 0.2) is 0 Å². The Hall–Kier alpha value is -1.56. The fraction of sp³-hybridized carbons (Fsp3) is 0.632. The van der Waals surface area contributed by atoms with E-state index in [-0.39, 0.29) is 5.91 Å². The summed E-state index contributed by atoms with van der Waals surface area (Å²) in [5.74, 6) is 0.149. The zero-order valence-electron chi connectivity index (χ0n) is 15.6. The summed E-state index contributed by atoms with van der Waals surface area (Å²) in [7, 11) is -3.38. The SMILES string of the molecule is Cc1cccc(N(CCCC(=O)N2CCCCCC2)S(C)(=O)=O)c1C. The third-order valence-corrected chi connectivity index (χ3v) is 6.14. The predicted octanol–water partition coefficient (Wildman–Crippen LogP) is 3.25. The van der Waals surface area contributed by atoms with Gasteiger partial charge in [0, 0.05) is 26.1 Å². The molecule has 25 heavy (non-hydrogen) atoms. The highest BCUT2D eigenvalue weighted by molar-refractivity contribution is 7.92. The first kappa shape index (κ1) is 19.8. The molecule has 5 nitrogen and oxygen atoms in total. The van der Waals surface area contributed by atoms with Gasteiger partial charge in [0.25, 0.3) is 0 Å². The van der Waals surface area contributed by atoms with Gasteiger partial charge >= 0.3 is 0 Å². The molecule has 1 heterocycles. The maximum Gasteiger partial charge on any atom is 0.232 e. The number of carbonyl (C=O) groups is 1. The van der Waals surface area contributed by atoms with Crippen molar-refractivity contribution in [1.29, 1.82) is 0 Å². The average Bonchev–Trinajstić information content (AvgIpc) is 2.83. The molecule has 0 saturated carbocycles. The van der Waals surface area contributed by atoms with Crippen LogP contribution in [-0.2, 0) is 14.8 Å².